The SMILES string of the molecule is CCn1c(=O)sc2cc(NS(=O)(=O)c3ccc(OC)c(OC)c3)ccc21. The highest BCUT2D eigenvalue weighted by Crippen LogP contribution is 2.30. The Hall–Kier alpha value is -2.52. The Morgan fingerprint density at radius 3 is 2.46 bits per heavy atom. The number of anilines is 1. The fourth-order valence-corrected chi connectivity index (χ4v) is 4.69. The third-order valence-corrected chi connectivity index (χ3v) is 6.22. The zero-order valence-corrected chi connectivity index (χ0v) is 16.1. The van der Waals surface area contributed by atoms with E-state index < -0.39 is 10.0 Å². The summed E-state index contributed by atoms with van der Waals surface area (Å²) in [5.41, 5.74) is 1.17. The van der Waals surface area contributed by atoms with Crippen molar-refractivity contribution in [2.45, 2.75) is 18.4 Å². The van der Waals surface area contributed by atoms with Gasteiger partial charge in [0, 0.05) is 12.6 Å². The average Bonchev–Trinajstić information content (AvgIpc) is 2.94. The molecular weight excluding hydrogens is 376 g/mol. The van der Waals surface area contributed by atoms with E-state index in [2.05, 4.69) is 4.72 Å². The smallest absolute Gasteiger partial charge is 0.308 e. The van der Waals surface area contributed by atoms with E-state index in [1.807, 2.05) is 6.92 Å². The number of rotatable bonds is 6. The zero-order chi connectivity index (χ0) is 18.9. The van der Waals surface area contributed by atoms with Gasteiger partial charge in [0.25, 0.3) is 10.0 Å². The Morgan fingerprint density at radius 1 is 1.08 bits per heavy atom. The van der Waals surface area contributed by atoms with Crippen LogP contribution in [-0.4, -0.2) is 27.2 Å². The van der Waals surface area contributed by atoms with Crippen molar-refractivity contribution in [1.82, 2.24) is 4.57 Å². The number of sulfonamides is 1. The first-order chi connectivity index (χ1) is 12.4. The first-order valence-electron chi connectivity index (χ1n) is 7.78. The standard InChI is InChI=1S/C17H18N2O5S2/c1-4-19-13-7-5-11(9-16(13)25-17(19)20)18-26(21,22)12-6-8-14(23-2)15(10-12)24-3/h5-10,18H,4H2,1-3H3. The number of methoxy groups -OCH3 is 2. The minimum absolute atomic E-state index is 0.0505. The molecule has 9 heteroatoms. The molecule has 26 heavy (non-hydrogen) atoms. The quantitative estimate of drug-likeness (QED) is 0.695. The third-order valence-electron chi connectivity index (χ3n) is 3.90. The second-order valence-electron chi connectivity index (χ2n) is 5.42. The van der Waals surface area contributed by atoms with E-state index in [1.165, 1.54) is 32.4 Å². The van der Waals surface area contributed by atoms with Crippen LogP contribution in [0.25, 0.3) is 10.2 Å². The molecule has 0 atom stereocenters. The number of aryl methyl sites for hydroxylation is 1. The van der Waals surface area contributed by atoms with Crippen LogP contribution < -0.4 is 19.1 Å². The van der Waals surface area contributed by atoms with E-state index in [-0.39, 0.29) is 9.77 Å². The number of ether oxygens (including phenoxy) is 2. The summed E-state index contributed by atoms with van der Waals surface area (Å²) in [7, 11) is -0.894. The van der Waals surface area contributed by atoms with Gasteiger partial charge in [0.05, 0.1) is 35.0 Å². The topological polar surface area (TPSA) is 86.6 Å². The minimum atomic E-state index is -3.81. The number of nitrogens with zero attached hydrogens (tertiary/aromatic N) is 1. The normalized spacial score (nSPS) is 11.5. The lowest BCUT2D eigenvalue weighted by Crippen LogP contribution is -2.13. The van der Waals surface area contributed by atoms with E-state index in [1.54, 1.807) is 22.8 Å². The second kappa shape index (κ2) is 7.00. The molecule has 1 aromatic heterocycles. The van der Waals surface area contributed by atoms with Gasteiger partial charge in [0.15, 0.2) is 11.5 Å². The number of aromatic nitrogens is 1. The zero-order valence-electron chi connectivity index (χ0n) is 14.5. The van der Waals surface area contributed by atoms with Crippen LogP contribution in [0.4, 0.5) is 5.69 Å². The van der Waals surface area contributed by atoms with E-state index in [0.29, 0.717) is 23.7 Å². The number of fused-ring (bicyclic) bond motifs is 1. The van der Waals surface area contributed by atoms with Gasteiger partial charge >= 0.3 is 4.87 Å². The highest BCUT2D eigenvalue weighted by molar-refractivity contribution is 7.92. The maximum absolute atomic E-state index is 12.7. The van der Waals surface area contributed by atoms with Crippen molar-refractivity contribution in [3.8, 4) is 11.5 Å². The van der Waals surface area contributed by atoms with E-state index in [0.717, 1.165) is 21.6 Å². The molecule has 2 aromatic carbocycles. The van der Waals surface area contributed by atoms with Crippen molar-refractivity contribution in [3.05, 3.63) is 46.1 Å². The van der Waals surface area contributed by atoms with Gasteiger partial charge in [0.2, 0.25) is 0 Å². The summed E-state index contributed by atoms with van der Waals surface area (Å²) in [6, 6.07) is 9.40. The second-order valence-corrected chi connectivity index (χ2v) is 8.09. The molecule has 1 N–H and O–H groups in total. The number of nitrogens with one attached hydrogen (secondary N) is 1. The van der Waals surface area contributed by atoms with Crippen molar-refractivity contribution in [2.75, 3.05) is 18.9 Å². The predicted molar refractivity (Wildman–Crippen MR) is 102 cm³/mol. The summed E-state index contributed by atoms with van der Waals surface area (Å²) >= 11 is 1.09. The van der Waals surface area contributed by atoms with Crippen LogP contribution in [-0.2, 0) is 16.6 Å². The van der Waals surface area contributed by atoms with Gasteiger partial charge in [-0.2, -0.15) is 0 Å². The lowest BCUT2D eigenvalue weighted by Gasteiger charge is -2.12. The van der Waals surface area contributed by atoms with Gasteiger partial charge in [-0.05, 0) is 37.3 Å². The van der Waals surface area contributed by atoms with Crippen LogP contribution in [0, 0.1) is 0 Å². The Morgan fingerprint density at radius 2 is 1.81 bits per heavy atom. The average molecular weight is 394 g/mol. The Bertz CT molecular complexity index is 1120. The monoisotopic (exact) mass is 394 g/mol. The summed E-state index contributed by atoms with van der Waals surface area (Å²) in [5, 5.41) is 0. The van der Waals surface area contributed by atoms with Gasteiger partial charge in [-0.1, -0.05) is 11.3 Å². The molecule has 0 radical (unpaired) electrons. The molecule has 0 fully saturated rings. The number of hydrogen-bond donors (Lipinski definition) is 1. The summed E-state index contributed by atoms with van der Waals surface area (Å²) in [5.74, 6) is 0.766. The van der Waals surface area contributed by atoms with Gasteiger partial charge < -0.3 is 9.47 Å². The highest BCUT2D eigenvalue weighted by Gasteiger charge is 2.18. The minimum Gasteiger partial charge on any atom is -0.493 e. The van der Waals surface area contributed by atoms with Crippen molar-refractivity contribution in [2.24, 2.45) is 0 Å². The molecule has 0 unspecified atom stereocenters. The molecule has 0 amide bonds. The number of thiazole rings is 1. The molecule has 3 aromatic rings. The van der Waals surface area contributed by atoms with Gasteiger partial charge in [0.1, 0.15) is 0 Å². The highest BCUT2D eigenvalue weighted by atomic mass is 32.2. The van der Waals surface area contributed by atoms with Crippen molar-refractivity contribution in [1.29, 1.82) is 0 Å². The molecule has 0 aliphatic heterocycles. The summed E-state index contributed by atoms with van der Waals surface area (Å²) < 4.78 is 40.5. The van der Waals surface area contributed by atoms with Crippen LogP contribution in [0.1, 0.15) is 6.92 Å². The predicted octanol–water partition coefficient (Wildman–Crippen LogP) is 2.90. The molecule has 0 aliphatic rings. The van der Waals surface area contributed by atoms with Crippen LogP contribution >= 0.6 is 11.3 Å². The molecule has 0 aliphatic carbocycles. The maximum Gasteiger partial charge on any atom is 0.308 e. The summed E-state index contributed by atoms with van der Waals surface area (Å²) in [6.07, 6.45) is 0. The first kappa shape index (κ1) is 18.3. The molecule has 138 valence electrons. The first-order valence-corrected chi connectivity index (χ1v) is 10.1. The van der Waals surface area contributed by atoms with E-state index in [9.17, 15) is 13.2 Å². The van der Waals surface area contributed by atoms with Crippen molar-refractivity contribution < 1.29 is 17.9 Å². The maximum atomic E-state index is 12.7. The lowest BCUT2D eigenvalue weighted by atomic mass is 10.3. The van der Waals surface area contributed by atoms with Crippen LogP contribution in [0.15, 0.2) is 46.1 Å². The molecule has 3 rings (SSSR count). The third kappa shape index (κ3) is 3.27. The lowest BCUT2D eigenvalue weighted by molar-refractivity contribution is 0.354. The Kier molecular flexibility index (Phi) is 4.92. The molecule has 1 heterocycles. The summed E-state index contributed by atoms with van der Waals surface area (Å²) in [6.45, 7) is 2.46. The van der Waals surface area contributed by atoms with Crippen molar-refractivity contribution >= 4 is 37.3 Å². The van der Waals surface area contributed by atoms with Gasteiger partial charge in [-0.3, -0.25) is 14.1 Å². The molecule has 0 saturated heterocycles. The van der Waals surface area contributed by atoms with Crippen LogP contribution in [0.2, 0.25) is 0 Å². The van der Waals surface area contributed by atoms with E-state index in [4.69, 9.17) is 9.47 Å². The molecular formula is C17H18N2O5S2. The van der Waals surface area contributed by atoms with Gasteiger partial charge in [-0.25, -0.2) is 8.42 Å². The van der Waals surface area contributed by atoms with Crippen LogP contribution in [0.5, 0.6) is 11.5 Å². The van der Waals surface area contributed by atoms with Crippen LogP contribution in [0.3, 0.4) is 0 Å². The molecule has 0 saturated carbocycles. The Balaban J connectivity index is 1.97. The number of hydrogen-bond acceptors (Lipinski definition) is 6. The van der Waals surface area contributed by atoms with E-state index >= 15 is 0 Å². The molecule has 7 nitrogen and oxygen atoms in total. The fraction of sp³-hybridized carbons (Fsp3) is 0.235. The Labute approximate surface area is 154 Å². The number of benzene rings is 2. The molecule has 0 spiro atoms. The molecule has 0 bridgehead atoms. The fourth-order valence-electron chi connectivity index (χ4n) is 2.63. The largest absolute Gasteiger partial charge is 0.493 e. The van der Waals surface area contributed by atoms with Gasteiger partial charge in [-0.15, -0.1) is 0 Å². The summed E-state index contributed by atoms with van der Waals surface area (Å²) in [4.78, 5) is 11.9. The van der Waals surface area contributed by atoms with Crippen molar-refractivity contribution in [3.63, 3.8) is 0 Å².